The van der Waals surface area contributed by atoms with Crippen LogP contribution in [0.2, 0.25) is 0 Å². The van der Waals surface area contributed by atoms with Gasteiger partial charge in [-0.15, -0.1) is 0 Å². The summed E-state index contributed by atoms with van der Waals surface area (Å²) in [5.74, 6) is 0. The maximum absolute atomic E-state index is 4.73. The minimum Gasteiger partial charge on any atom is -0.256 e. The van der Waals surface area contributed by atoms with Crippen molar-refractivity contribution < 1.29 is 0 Å². The number of hydrogen-bond acceptors (Lipinski definition) is 1. The predicted octanol–water partition coefficient (Wildman–Crippen LogP) is 5.47. The molecule has 1 nitrogen and oxygen atoms in total. The van der Waals surface area contributed by atoms with Crippen LogP contribution in [0.5, 0.6) is 0 Å². The Bertz CT molecular complexity index is 1040. The predicted molar refractivity (Wildman–Crippen MR) is 95.4 cm³/mol. The summed E-state index contributed by atoms with van der Waals surface area (Å²) in [5.41, 5.74) is 7.84. The second kappa shape index (κ2) is 4.79. The quantitative estimate of drug-likeness (QED) is 0.399. The molecular formula is C22H15N. The third kappa shape index (κ3) is 1.83. The van der Waals surface area contributed by atoms with Crippen molar-refractivity contribution in [3.63, 3.8) is 0 Å². The van der Waals surface area contributed by atoms with Crippen LogP contribution in [0.3, 0.4) is 0 Å². The number of fused-ring (bicyclic) bond motifs is 4. The van der Waals surface area contributed by atoms with Crippen LogP contribution in [-0.4, -0.2) is 4.98 Å². The fourth-order valence-corrected chi connectivity index (χ4v) is 3.72. The van der Waals surface area contributed by atoms with E-state index in [2.05, 4.69) is 72.8 Å². The SMILES string of the molecule is c1ccc2c(c1)Cc1cccc(-c3nccc4ccccc34)c1-2. The fraction of sp³-hybridized carbons (Fsp3) is 0.0455. The molecular weight excluding hydrogens is 278 g/mol. The Hall–Kier alpha value is -2.93. The molecule has 0 bridgehead atoms. The molecule has 0 radical (unpaired) electrons. The summed E-state index contributed by atoms with van der Waals surface area (Å²) in [4.78, 5) is 4.73. The van der Waals surface area contributed by atoms with Gasteiger partial charge in [-0.25, -0.2) is 0 Å². The van der Waals surface area contributed by atoms with Gasteiger partial charge < -0.3 is 0 Å². The summed E-state index contributed by atoms with van der Waals surface area (Å²) in [6.45, 7) is 0. The van der Waals surface area contributed by atoms with Gasteiger partial charge in [-0.3, -0.25) is 4.98 Å². The van der Waals surface area contributed by atoms with Crippen molar-refractivity contribution in [3.05, 3.63) is 90.1 Å². The van der Waals surface area contributed by atoms with Crippen LogP contribution in [0.4, 0.5) is 0 Å². The lowest BCUT2D eigenvalue weighted by molar-refractivity contribution is 1.26. The Kier molecular flexibility index (Phi) is 2.62. The van der Waals surface area contributed by atoms with Crippen LogP contribution >= 0.6 is 0 Å². The van der Waals surface area contributed by atoms with E-state index in [1.165, 1.54) is 38.6 Å². The Morgan fingerprint density at radius 1 is 0.652 bits per heavy atom. The van der Waals surface area contributed by atoms with E-state index in [9.17, 15) is 0 Å². The van der Waals surface area contributed by atoms with E-state index in [4.69, 9.17) is 4.98 Å². The normalized spacial score (nSPS) is 12.2. The number of pyridine rings is 1. The lowest BCUT2D eigenvalue weighted by atomic mass is 9.94. The van der Waals surface area contributed by atoms with Crippen LogP contribution < -0.4 is 0 Å². The molecule has 0 saturated carbocycles. The van der Waals surface area contributed by atoms with Crippen LogP contribution in [0.15, 0.2) is 79.0 Å². The first-order chi connectivity index (χ1) is 11.4. The van der Waals surface area contributed by atoms with Crippen LogP contribution in [0, 0.1) is 0 Å². The zero-order chi connectivity index (χ0) is 15.2. The molecule has 1 aliphatic carbocycles. The number of benzene rings is 3. The van der Waals surface area contributed by atoms with E-state index in [1.807, 2.05) is 6.20 Å². The first-order valence-electron chi connectivity index (χ1n) is 7.96. The summed E-state index contributed by atoms with van der Waals surface area (Å²) in [7, 11) is 0. The molecule has 23 heavy (non-hydrogen) atoms. The van der Waals surface area contributed by atoms with Gasteiger partial charge in [0.15, 0.2) is 0 Å². The van der Waals surface area contributed by atoms with E-state index in [1.54, 1.807) is 0 Å². The number of rotatable bonds is 1. The molecule has 0 saturated heterocycles. The molecule has 0 N–H and O–H groups in total. The van der Waals surface area contributed by atoms with E-state index in [-0.39, 0.29) is 0 Å². The van der Waals surface area contributed by atoms with Crippen molar-refractivity contribution in [1.82, 2.24) is 4.98 Å². The van der Waals surface area contributed by atoms with E-state index < -0.39 is 0 Å². The third-order valence-corrected chi connectivity index (χ3v) is 4.75. The lowest BCUT2D eigenvalue weighted by Crippen LogP contribution is -1.90. The van der Waals surface area contributed by atoms with E-state index >= 15 is 0 Å². The second-order valence-corrected chi connectivity index (χ2v) is 6.05. The molecule has 108 valence electrons. The molecule has 0 fully saturated rings. The standard InChI is InChI=1S/C22H15N/c1-4-10-19-15(6-1)12-13-23-22(19)20-11-5-8-17-14-16-7-2-3-9-18(16)21(17)20/h1-13H,14H2. The summed E-state index contributed by atoms with van der Waals surface area (Å²) >= 11 is 0. The highest BCUT2D eigenvalue weighted by Crippen LogP contribution is 2.43. The molecule has 4 aromatic rings. The Balaban J connectivity index is 1.86. The molecule has 1 heteroatoms. The molecule has 5 rings (SSSR count). The smallest absolute Gasteiger partial charge is 0.0786 e. The monoisotopic (exact) mass is 293 g/mol. The zero-order valence-corrected chi connectivity index (χ0v) is 12.7. The molecule has 3 aromatic carbocycles. The van der Waals surface area contributed by atoms with Gasteiger partial charge >= 0.3 is 0 Å². The van der Waals surface area contributed by atoms with Crippen molar-refractivity contribution in [1.29, 1.82) is 0 Å². The molecule has 1 aliphatic rings. The molecule has 1 heterocycles. The first kappa shape index (κ1) is 12.6. The Morgan fingerprint density at radius 3 is 2.43 bits per heavy atom. The minimum atomic E-state index is 1.02. The summed E-state index contributed by atoms with van der Waals surface area (Å²) in [5, 5.41) is 2.45. The van der Waals surface area contributed by atoms with Crippen molar-refractivity contribution in [2.45, 2.75) is 6.42 Å². The first-order valence-corrected chi connectivity index (χ1v) is 7.96. The van der Waals surface area contributed by atoms with E-state index in [0.717, 1.165) is 12.1 Å². The van der Waals surface area contributed by atoms with Crippen molar-refractivity contribution in [3.8, 4) is 22.4 Å². The summed E-state index contributed by atoms with van der Waals surface area (Å²) in [6.07, 6.45) is 2.93. The highest BCUT2D eigenvalue weighted by molar-refractivity contribution is 6.00. The maximum atomic E-state index is 4.73. The van der Waals surface area contributed by atoms with Gasteiger partial charge in [-0.05, 0) is 40.1 Å². The van der Waals surface area contributed by atoms with Gasteiger partial charge in [-0.1, -0.05) is 66.7 Å². The summed E-state index contributed by atoms with van der Waals surface area (Å²) in [6, 6.07) is 25.9. The largest absolute Gasteiger partial charge is 0.256 e. The number of hydrogen-bond donors (Lipinski definition) is 0. The van der Waals surface area contributed by atoms with Gasteiger partial charge in [0.25, 0.3) is 0 Å². The summed E-state index contributed by atoms with van der Waals surface area (Å²) < 4.78 is 0. The maximum Gasteiger partial charge on any atom is 0.0786 e. The van der Waals surface area contributed by atoms with Crippen molar-refractivity contribution in [2.24, 2.45) is 0 Å². The number of nitrogens with zero attached hydrogens (tertiary/aromatic N) is 1. The Labute approximate surface area is 135 Å². The highest BCUT2D eigenvalue weighted by atomic mass is 14.7. The van der Waals surface area contributed by atoms with Crippen molar-refractivity contribution >= 4 is 10.8 Å². The van der Waals surface area contributed by atoms with Crippen LogP contribution in [0.1, 0.15) is 11.1 Å². The zero-order valence-electron chi connectivity index (χ0n) is 12.7. The van der Waals surface area contributed by atoms with Crippen molar-refractivity contribution in [2.75, 3.05) is 0 Å². The molecule has 0 atom stereocenters. The fourth-order valence-electron chi connectivity index (χ4n) is 3.72. The van der Waals surface area contributed by atoms with Gasteiger partial charge in [0.1, 0.15) is 0 Å². The average molecular weight is 293 g/mol. The van der Waals surface area contributed by atoms with Crippen LogP contribution in [-0.2, 0) is 6.42 Å². The molecule has 0 aliphatic heterocycles. The third-order valence-electron chi connectivity index (χ3n) is 4.75. The Morgan fingerprint density at radius 2 is 1.43 bits per heavy atom. The molecule has 1 aromatic heterocycles. The van der Waals surface area contributed by atoms with Gasteiger partial charge in [0, 0.05) is 17.1 Å². The lowest BCUT2D eigenvalue weighted by Gasteiger charge is -2.11. The highest BCUT2D eigenvalue weighted by Gasteiger charge is 2.22. The second-order valence-electron chi connectivity index (χ2n) is 6.05. The van der Waals surface area contributed by atoms with E-state index in [0.29, 0.717) is 0 Å². The van der Waals surface area contributed by atoms with Gasteiger partial charge in [0.05, 0.1) is 5.69 Å². The van der Waals surface area contributed by atoms with Crippen LogP contribution in [0.25, 0.3) is 33.2 Å². The molecule has 0 spiro atoms. The van der Waals surface area contributed by atoms with Gasteiger partial charge in [0.2, 0.25) is 0 Å². The van der Waals surface area contributed by atoms with Gasteiger partial charge in [-0.2, -0.15) is 0 Å². The minimum absolute atomic E-state index is 1.02. The topological polar surface area (TPSA) is 12.9 Å². The number of aromatic nitrogens is 1. The molecule has 0 amide bonds. The molecule has 0 unspecified atom stereocenters. The average Bonchev–Trinajstić information content (AvgIpc) is 3.00.